The molecule has 0 aliphatic carbocycles. The van der Waals surface area contributed by atoms with Crippen LogP contribution in [0.3, 0.4) is 0 Å². The molecule has 1 aromatic carbocycles. The van der Waals surface area contributed by atoms with Gasteiger partial charge >= 0.3 is 5.97 Å². The van der Waals surface area contributed by atoms with Gasteiger partial charge in [-0.25, -0.2) is 4.79 Å². The van der Waals surface area contributed by atoms with Gasteiger partial charge < -0.3 is 15.6 Å². The molecular formula is C11H16ClNO3. The van der Waals surface area contributed by atoms with Crippen molar-refractivity contribution in [3.8, 4) is 5.75 Å². The minimum atomic E-state index is -0.977. The topological polar surface area (TPSA) is 72.5 Å². The van der Waals surface area contributed by atoms with Crippen molar-refractivity contribution in [3.63, 3.8) is 0 Å². The van der Waals surface area contributed by atoms with Crippen molar-refractivity contribution < 1.29 is 14.6 Å². The van der Waals surface area contributed by atoms with E-state index in [0.717, 1.165) is 12.0 Å². The summed E-state index contributed by atoms with van der Waals surface area (Å²) in [6.07, 6.45) is 0.805. The Morgan fingerprint density at radius 1 is 1.44 bits per heavy atom. The van der Waals surface area contributed by atoms with E-state index in [1.165, 1.54) is 0 Å². The molecule has 0 fully saturated rings. The molecule has 0 bridgehead atoms. The van der Waals surface area contributed by atoms with E-state index >= 15 is 0 Å². The van der Waals surface area contributed by atoms with Crippen LogP contribution in [-0.2, 0) is 11.2 Å². The average Bonchev–Trinajstić information content (AvgIpc) is 2.16. The molecule has 0 aliphatic heterocycles. The Morgan fingerprint density at radius 3 is 2.44 bits per heavy atom. The summed E-state index contributed by atoms with van der Waals surface area (Å²) in [5.41, 5.74) is 6.77. The third-order valence-corrected chi connectivity index (χ3v) is 1.84. The minimum absolute atomic E-state index is 0. The summed E-state index contributed by atoms with van der Waals surface area (Å²) < 4.78 is 5.00. The lowest BCUT2D eigenvalue weighted by Crippen LogP contribution is -2.17. The number of halogens is 1. The zero-order valence-corrected chi connectivity index (χ0v) is 9.87. The van der Waals surface area contributed by atoms with E-state index in [9.17, 15) is 4.79 Å². The molecule has 1 aromatic rings. The number of carboxylic acid groups (broad SMARTS) is 1. The highest BCUT2D eigenvalue weighted by Crippen LogP contribution is 2.12. The SMILES string of the molecule is CC(N)Cc1ccc(OCC(=O)O)cc1.Cl. The van der Waals surface area contributed by atoms with E-state index in [1.807, 2.05) is 19.1 Å². The molecule has 0 amide bonds. The minimum Gasteiger partial charge on any atom is -0.482 e. The maximum Gasteiger partial charge on any atom is 0.341 e. The third-order valence-electron chi connectivity index (χ3n) is 1.84. The van der Waals surface area contributed by atoms with Crippen LogP contribution in [0, 0.1) is 0 Å². The zero-order chi connectivity index (χ0) is 11.3. The number of carboxylic acids is 1. The molecule has 0 heterocycles. The third kappa shape index (κ3) is 5.58. The van der Waals surface area contributed by atoms with Crippen molar-refractivity contribution in [2.24, 2.45) is 5.73 Å². The van der Waals surface area contributed by atoms with E-state index in [0.29, 0.717) is 5.75 Å². The van der Waals surface area contributed by atoms with Crippen molar-refractivity contribution in [3.05, 3.63) is 29.8 Å². The van der Waals surface area contributed by atoms with Crippen LogP contribution in [0.2, 0.25) is 0 Å². The van der Waals surface area contributed by atoms with E-state index < -0.39 is 5.97 Å². The zero-order valence-electron chi connectivity index (χ0n) is 9.05. The predicted molar refractivity (Wildman–Crippen MR) is 64.2 cm³/mol. The van der Waals surface area contributed by atoms with Crippen molar-refractivity contribution in [1.29, 1.82) is 0 Å². The fraction of sp³-hybridized carbons (Fsp3) is 0.364. The fourth-order valence-electron chi connectivity index (χ4n) is 1.24. The van der Waals surface area contributed by atoms with Crippen molar-refractivity contribution in [1.82, 2.24) is 0 Å². The number of hydrogen-bond acceptors (Lipinski definition) is 3. The van der Waals surface area contributed by atoms with Gasteiger partial charge in [-0.3, -0.25) is 0 Å². The molecule has 0 spiro atoms. The van der Waals surface area contributed by atoms with Gasteiger partial charge in [-0.15, -0.1) is 12.4 Å². The molecule has 16 heavy (non-hydrogen) atoms. The molecule has 0 aromatic heterocycles. The first-order valence-electron chi connectivity index (χ1n) is 4.77. The lowest BCUT2D eigenvalue weighted by molar-refractivity contribution is -0.139. The number of aliphatic carboxylic acids is 1. The van der Waals surface area contributed by atoms with Crippen LogP contribution in [0.4, 0.5) is 0 Å². The normalized spacial score (nSPS) is 11.4. The fourth-order valence-corrected chi connectivity index (χ4v) is 1.24. The number of rotatable bonds is 5. The van der Waals surface area contributed by atoms with Crippen LogP contribution in [0.5, 0.6) is 5.75 Å². The number of carbonyl (C=O) groups is 1. The van der Waals surface area contributed by atoms with Gasteiger partial charge in [-0.05, 0) is 31.0 Å². The molecule has 3 N–H and O–H groups in total. The summed E-state index contributed by atoms with van der Waals surface area (Å²) in [6, 6.07) is 7.40. The Bertz CT molecular complexity index is 325. The molecule has 0 saturated carbocycles. The molecular weight excluding hydrogens is 230 g/mol. The van der Waals surface area contributed by atoms with E-state index in [4.69, 9.17) is 15.6 Å². The lowest BCUT2D eigenvalue weighted by atomic mass is 10.1. The average molecular weight is 246 g/mol. The van der Waals surface area contributed by atoms with E-state index in [1.54, 1.807) is 12.1 Å². The quantitative estimate of drug-likeness (QED) is 0.824. The molecule has 0 radical (unpaired) electrons. The molecule has 1 unspecified atom stereocenters. The monoisotopic (exact) mass is 245 g/mol. The van der Waals surface area contributed by atoms with Gasteiger partial charge in [0.1, 0.15) is 5.75 Å². The first-order valence-corrected chi connectivity index (χ1v) is 4.77. The molecule has 90 valence electrons. The molecule has 0 aliphatic rings. The highest BCUT2D eigenvalue weighted by molar-refractivity contribution is 5.85. The summed E-state index contributed by atoms with van der Waals surface area (Å²) in [4.78, 5) is 10.2. The van der Waals surface area contributed by atoms with Crippen LogP contribution < -0.4 is 10.5 Å². The summed E-state index contributed by atoms with van der Waals surface area (Å²) in [5, 5.41) is 8.41. The maximum atomic E-state index is 10.2. The molecule has 5 heteroatoms. The summed E-state index contributed by atoms with van der Waals surface area (Å²) in [7, 11) is 0. The first-order chi connectivity index (χ1) is 7.08. The smallest absolute Gasteiger partial charge is 0.341 e. The van der Waals surface area contributed by atoms with Crippen LogP contribution in [0.25, 0.3) is 0 Å². The summed E-state index contributed by atoms with van der Waals surface area (Å²) >= 11 is 0. The Hall–Kier alpha value is -1.26. The Kier molecular flexibility index (Phi) is 6.53. The second-order valence-corrected chi connectivity index (χ2v) is 3.51. The Labute approximate surface area is 101 Å². The van der Waals surface area contributed by atoms with Gasteiger partial charge in [0.05, 0.1) is 0 Å². The van der Waals surface area contributed by atoms with Gasteiger partial charge in [-0.1, -0.05) is 12.1 Å². The predicted octanol–water partition coefficient (Wildman–Crippen LogP) is 1.46. The number of ether oxygens (including phenoxy) is 1. The molecule has 1 atom stereocenters. The lowest BCUT2D eigenvalue weighted by Gasteiger charge is -2.06. The number of benzene rings is 1. The number of nitrogens with two attached hydrogens (primary N) is 1. The standard InChI is InChI=1S/C11H15NO3.ClH/c1-8(12)6-9-2-4-10(5-3-9)15-7-11(13)14;/h2-5,8H,6-7,12H2,1H3,(H,13,14);1H. The summed E-state index contributed by atoms with van der Waals surface area (Å²) in [5.74, 6) is -0.416. The highest BCUT2D eigenvalue weighted by Gasteiger charge is 2.00. The van der Waals surface area contributed by atoms with Gasteiger partial charge in [0.25, 0.3) is 0 Å². The van der Waals surface area contributed by atoms with Crippen LogP contribution in [0.1, 0.15) is 12.5 Å². The van der Waals surface area contributed by atoms with Crippen molar-refractivity contribution in [2.45, 2.75) is 19.4 Å². The second kappa shape index (κ2) is 7.09. The van der Waals surface area contributed by atoms with Crippen molar-refractivity contribution in [2.75, 3.05) is 6.61 Å². The van der Waals surface area contributed by atoms with Gasteiger partial charge in [0.15, 0.2) is 6.61 Å². The van der Waals surface area contributed by atoms with E-state index in [-0.39, 0.29) is 25.1 Å². The van der Waals surface area contributed by atoms with Crippen LogP contribution in [-0.4, -0.2) is 23.7 Å². The Morgan fingerprint density at radius 2 is 2.00 bits per heavy atom. The molecule has 0 saturated heterocycles. The summed E-state index contributed by atoms with van der Waals surface area (Å²) in [6.45, 7) is 1.63. The molecule has 1 rings (SSSR count). The highest BCUT2D eigenvalue weighted by atomic mass is 35.5. The van der Waals surface area contributed by atoms with Crippen LogP contribution in [0.15, 0.2) is 24.3 Å². The van der Waals surface area contributed by atoms with Crippen molar-refractivity contribution >= 4 is 18.4 Å². The number of hydrogen-bond donors (Lipinski definition) is 2. The van der Waals surface area contributed by atoms with Crippen LogP contribution >= 0.6 is 12.4 Å². The van der Waals surface area contributed by atoms with Gasteiger partial charge in [-0.2, -0.15) is 0 Å². The Balaban J connectivity index is 0.00000225. The first kappa shape index (κ1) is 14.7. The van der Waals surface area contributed by atoms with Gasteiger partial charge in [0.2, 0.25) is 0 Å². The van der Waals surface area contributed by atoms with Gasteiger partial charge in [0, 0.05) is 6.04 Å². The second-order valence-electron chi connectivity index (χ2n) is 3.51. The maximum absolute atomic E-state index is 10.2. The largest absolute Gasteiger partial charge is 0.482 e. The van der Waals surface area contributed by atoms with E-state index in [2.05, 4.69) is 0 Å². The molecule has 4 nitrogen and oxygen atoms in total.